The third-order valence-electron chi connectivity index (χ3n) is 2.43. The van der Waals surface area contributed by atoms with E-state index >= 15 is 0 Å². The fourth-order valence-electron chi connectivity index (χ4n) is 1.51. The van der Waals surface area contributed by atoms with Crippen molar-refractivity contribution in [2.75, 3.05) is 11.1 Å². The second-order valence-corrected chi connectivity index (χ2v) is 5.85. The highest BCUT2D eigenvalue weighted by atomic mass is 79.9. The zero-order chi connectivity index (χ0) is 14.0. The van der Waals surface area contributed by atoms with E-state index in [1.165, 1.54) is 0 Å². The first-order chi connectivity index (χ1) is 8.99. The second-order valence-electron chi connectivity index (χ2n) is 3.79. The zero-order valence-electron chi connectivity index (χ0n) is 9.58. The van der Waals surface area contributed by atoms with Crippen LogP contribution in [0.3, 0.4) is 0 Å². The predicted molar refractivity (Wildman–Crippen MR) is 85.7 cm³/mol. The number of rotatable bonds is 2. The molecule has 2 rings (SSSR count). The normalized spacial score (nSPS) is 10.3. The molecule has 0 aliphatic rings. The SMILES string of the molecule is Nc1ccc(Br)c(C(=O)Nc2cccc(Cl)c2Br)c1. The third-order valence-corrected chi connectivity index (χ3v) is 4.52. The fourth-order valence-corrected chi connectivity index (χ4v) is 2.47. The van der Waals surface area contributed by atoms with Crippen LogP contribution in [-0.4, -0.2) is 5.91 Å². The van der Waals surface area contributed by atoms with E-state index in [1.54, 1.807) is 36.4 Å². The summed E-state index contributed by atoms with van der Waals surface area (Å²) < 4.78 is 1.32. The average molecular weight is 404 g/mol. The third kappa shape index (κ3) is 3.29. The summed E-state index contributed by atoms with van der Waals surface area (Å²) in [7, 11) is 0. The molecule has 0 aromatic heterocycles. The molecule has 6 heteroatoms. The molecule has 0 bridgehead atoms. The van der Waals surface area contributed by atoms with Gasteiger partial charge in [-0.2, -0.15) is 0 Å². The molecule has 0 aliphatic heterocycles. The van der Waals surface area contributed by atoms with Gasteiger partial charge in [-0.15, -0.1) is 0 Å². The maximum absolute atomic E-state index is 12.2. The highest BCUT2D eigenvalue weighted by Gasteiger charge is 2.13. The van der Waals surface area contributed by atoms with Gasteiger partial charge in [0.2, 0.25) is 0 Å². The minimum atomic E-state index is -0.262. The minimum absolute atomic E-state index is 0.262. The molecule has 0 heterocycles. The van der Waals surface area contributed by atoms with Crippen molar-refractivity contribution in [1.29, 1.82) is 0 Å². The van der Waals surface area contributed by atoms with E-state index in [4.69, 9.17) is 17.3 Å². The Morgan fingerprint density at radius 1 is 1.21 bits per heavy atom. The molecular weight excluding hydrogens is 395 g/mol. The van der Waals surface area contributed by atoms with Gasteiger partial charge in [-0.05, 0) is 62.2 Å². The lowest BCUT2D eigenvalue weighted by Crippen LogP contribution is -2.13. The van der Waals surface area contributed by atoms with Crippen molar-refractivity contribution >= 4 is 60.7 Å². The van der Waals surface area contributed by atoms with Crippen LogP contribution in [0.2, 0.25) is 5.02 Å². The Balaban J connectivity index is 2.31. The molecule has 0 spiro atoms. The summed E-state index contributed by atoms with van der Waals surface area (Å²) in [6.45, 7) is 0. The number of carbonyl (C=O) groups excluding carboxylic acids is 1. The number of hydrogen-bond acceptors (Lipinski definition) is 2. The van der Waals surface area contributed by atoms with Gasteiger partial charge in [0.15, 0.2) is 0 Å². The lowest BCUT2D eigenvalue weighted by Gasteiger charge is -2.10. The van der Waals surface area contributed by atoms with Crippen LogP contribution < -0.4 is 11.1 Å². The molecule has 2 aromatic rings. The van der Waals surface area contributed by atoms with Crippen molar-refractivity contribution in [3.8, 4) is 0 Å². The van der Waals surface area contributed by atoms with Crippen molar-refractivity contribution in [3.05, 3.63) is 55.9 Å². The van der Waals surface area contributed by atoms with Crippen LogP contribution in [0.25, 0.3) is 0 Å². The molecule has 98 valence electrons. The van der Waals surface area contributed by atoms with Gasteiger partial charge in [-0.1, -0.05) is 17.7 Å². The first-order valence-corrected chi connectivity index (χ1v) is 7.26. The van der Waals surface area contributed by atoms with E-state index < -0.39 is 0 Å². The van der Waals surface area contributed by atoms with Crippen LogP contribution in [-0.2, 0) is 0 Å². The Bertz CT molecular complexity index is 647. The summed E-state index contributed by atoms with van der Waals surface area (Å²) in [5, 5.41) is 3.31. The van der Waals surface area contributed by atoms with E-state index in [2.05, 4.69) is 37.2 Å². The number of benzene rings is 2. The average Bonchev–Trinajstić information content (AvgIpc) is 2.38. The molecule has 0 aliphatic carbocycles. The highest BCUT2D eigenvalue weighted by Crippen LogP contribution is 2.31. The second kappa shape index (κ2) is 5.94. The quantitative estimate of drug-likeness (QED) is 0.713. The van der Waals surface area contributed by atoms with Crippen LogP contribution in [0.15, 0.2) is 45.3 Å². The molecule has 0 radical (unpaired) electrons. The van der Waals surface area contributed by atoms with Gasteiger partial charge in [-0.25, -0.2) is 0 Å². The lowest BCUT2D eigenvalue weighted by molar-refractivity contribution is 0.102. The molecule has 0 fully saturated rings. The number of nitrogens with one attached hydrogen (secondary N) is 1. The molecular formula is C13H9Br2ClN2O. The molecule has 0 saturated heterocycles. The number of carbonyl (C=O) groups is 1. The van der Waals surface area contributed by atoms with E-state index in [1.807, 2.05) is 0 Å². The van der Waals surface area contributed by atoms with Gasteiger partial charge in [0.05, 0.1) is 20.7 Å². The van der Waals surface area contributed by atoms with E-state index in [0.29, 0.717) is 30.9 Å². The molecule has 1 amide bonds. The zero-order valence-corrected chi connectivity index (χ0v) is 13.5. The van der Waals surface area contributed by atoms with Gasteiger partial charge < -0.3 is 11.1 Å². The van der Waals surface area contributed by atoms with Crippen molar-refractivity contribution in [1.82, 2.24) is 0 Å². The van der Waals surface area contributed by atoms with Crippen LogP contribution in [0.5, 0.6) is 0 Å². The molecule has 0 saturated carbocycles. The standard InChI is InChI=1S/C13H9Br2ClN2O/c14-9-5-4-7(17)6-8(9)13(19)18-11-3-1-2-10(16)12(11)15/h1-6H,17H2,(H,18,19). The Kier molecular flexibility index (Phi) is 4.50. The number of nitrogen functional groups attached to an aromatic ring is 1. The maximum Gasteiger partial charge on any atom is 0.256 e. The fraction of sp³-hybridized carbons (Fsp3) is 0. The van der Waals surface area contributed by atoms with E-state index in [9.17, 15) is 4.79 Å². The van der Waals surface area contributed by atoms with Gasteiger partial charge in [-0.3, -0.25) is 4.79 Å². The van der Waals surface area contributed by atoms with Crippen molar-refractivity contribution in [3.63, 3.8) is 0 Å². The van der Waals surface area contributed by atoms with E-state index in [0.717, 1.165) is 0 Å². The summed E-state index contributed by atoms with van der Waals surface area (Å²) in [6, 6.07) is 10.3. The highest BCUT2D eigenvalue weighted by molar-refractivity contribution is 9.11. The molecule has 3 N–H and O–H groups in total. The van der Waals surface area contributed by atoms with Crippen molar-refractivity contribution in [2.24, 2.45) is 0 Å². The van der Waals surface area contributed by atoms with Gasteiger partial charge in [0, 0.05) is 10.2 Å². The Morgan fingerprint density at radius 2 is 1.95 bits per heavy atom. The number of nitrogens with two attached hydrogens (primary N) is 1. The molecule has 2 aromatic carbocycles. The predicted octanol–water partition coefficient (Wildman–Crippen LogP) is 4.70. The first-order valence-electron chi connectivity index (χ1n) is 5.29. The van der Waals surface area contributed by atoms with Crippen LogP contribution in [0.4, 0.5) is 11.4 Å². The monoisotopic (exact) mass is 402 g/mol. The summed E-state index contributed by atoms with van der Waals surface area (Å²) >= 11 is 12.6. The summed E-state index contributed by atoms with van der Waals surface area (Å²) in [6.07, 6.45) is 0. The Morgan fingerprint density at radius 3 is 2.68 bits per heavy atom. The minimum Gasteiger partial charge on any atom is -0.399 e. The molecule has 19 heavy (non-hydrogen) atoms. The van der Waals surface area contributed by atoms with Crippen LogP contribution >= 0.6 is 43.5 Å². The Hall–Kier alpha value is -1.04. The topological polar surface area (TPSA) is 55.1 Å². The summed E-state index contributed by atoms with van der Waals surface area (Å²) in [4.78, 5) is 12.2. The smallest absolute Gasteiger partial charge is 0.256 e. The number of amides is 1. The van der Waals surface area contributed by atoms with Gasteiger partial charge >= 0.3 is 0 Å². The maximum atomic E-state index is 12.2. The van der Waals surface area contributed by atoms with Gasteiger partial charge in [0.1, 0.15) is 0 Å². The Labute approximate surface area is 132 Å². The van der Waals surface area contributed by atoms with Crippen molar-refractivity contribution in [2.45, 2.75) is 0 Å². The summed E-state index contributed by atoms with van der Waals surface area (Å²) in [5.74, 6) is -0.262. The molecule has 0 atom stereocenters. The number of anilines is 2. The van der Waals surface area contributed by atoms with Crippen LogP contribution in [0.1, 0.15) is 10.4 Å². The molecule has 0 unspecified atom stereocenters. The summed E-state index contributed by atoms with van der Waals surface area (Å²) in [5.41, 5.74) is 7.28. The van der Waals surface area contributed by atoms with E-state index in [-0.39, 0.29) is 5.91 Å². The largest absolute Gasteiger partial charge is 0.399 e. The molecule has 3 nitrogen and oxygen atoms in total. The number of hydrogen-bond donors (Lipinski definition) is 2. The number of halogens is 3. The van der Waals surface area contributed by atoms with Crippen molar-refractivity contribution < 1.29 is 4.79 Å². The first kappa shape index (κ1) is 14.4. The van der Waals surface area contributed by atoms with Gasteiger partial charge in [0.25, 0.3) is 5.91 Å². The van der Waals surface area contributed by atoms with Crippen LogP contribution in [0, 0.1) is 0 Å². The lowest BCUT2D eigenvalue weighted by atomic mass is 10.2.